The zero-order valence-electron chi connectivity index (χ0n) is 11.4. The van der Waals surface area contributed by atoms with Gasteiger partial charge in [0, 0.05) is 24.2 Å². The summed E-state index contributed by atoms with van der Waals surface area (Å²) in [6.45, 7) is 8.25. The van der Waals surface area contributed by atoms with Crippen molar-refractivity contribution >= 4 is 0 Å². The molecule has 1 fully saturated rings. The number of rotatable bonds is 3. The molecule has 2 nitrogen and oxygen atoms in total. The standard InChI is InChI=1S/C15H23FN2/c1-3-15(2)12-18(10-6-9-17-15)11-13-7-4-5-8-14(13)16/h4-5,7-8,17H,3,6,9-12H2,1-2H3. The zero-order valence-corrected chi connectivity index (χ0v) is 11.4. The normalized spacial score (nSPS) is 25.9. The number of hydrogen-bond acceptors (Lipinski definition) is 2. The number of nitrogens with one attached hydrogen (secondary N) is 1. The highest BCUT2D eigenvalue weighted by atomic mass is 19.1. The maximum absolute atomic E-state index is 13.7. The fourth-order valence-electron chi connectivity index (χ4n) is 2.56. The summed E-state index contributed by atoms with van der Waals surface area (Å²) in [5.41, 5.74) is 0.958. The second-order valence-corrected chi connectivity index (χ2v) is 5.50. The van der Waals surface area contributed by atoms with Crippen molar-refractivity contribution in [2.75, 3.05) is 19.6 Å². The van der Waals surface area contributed by atoms with Gasteiger partial charge in [0.05, 0.1) is 0 Å². The van der Waals surface area contributed by atoms with E-state index in [1.807, 2.05) is 12.1 Å². The number of halogens is 1. The molecular formula is C15H23FN2. The number of nitrogens with zero attached hydrogens (tertiary/aromatic N) is 1. The van der Waals surface area contributed by atoms with Crippen LogP contribution in [-0.4, -0.2) is 30.1 Å². The van der Waals surface area contributed by atoms with E-state index >= 15 is 0 Å². The lowest BCUT2D eigenvalue weighted by atomic mass is 9.98. The molecule has 1 aliphatic heterocycles. The molecule has 0 bridgehead atoms. The second-order valence-electron chi connectivity index (χ2n) is 5.50. The Bertz CT molecular complexity index is 394. The predicted molar refractivity (Wildman–Crippen MR) is 73.0 cm³/mol. The smallest absolute Gasteiger partial charge is 0.127 e. The SMILES string of the molecule is CCC1(C)CN(Cc2ccccc2F)CCCN1. The van der Waals surface area contributed by atoms with E-state index in [1.165, 1.54) is 0 Å². The average molecular weight is 250 g/mol. The van der Waals surface area contributed by atoms with Crippen molar-refractivity contribution in [3.63, 3.8) is 0 Å². The maximum Gasteiger partial charge on any atom is 0.127 e. The Morgan fingerprint density at radius 1 is 1.39 bits per heavy atom. The Hall–Kier alpha value is -0.930. The van der Waals surface area contributed by atoms with Gasteiger partial charge in [0.25, 0.3) is 0 Å². The van der Waals surface area contributed by atoms with E-state index in [0.717, 1.165) is 38.0 Å². The molecule has 100 valence electrons. The first-order valence-corrected chi connectivity index (χ1v) is 6.84. The Balaban J connectivity index is 2.06. The van der Waals surface area contributed by atoms with Crippen molar-refractivity contribution in [3.8, 4) is 0 Å². The van der Waals surface area contributed by atoms with E-state index in [4.69, 9.17) is 0 Å². The summed E-state index contributed by atoms with van der Waals surface area (Å²) in [7, 11) is 0. The average Bonchev–Trinajstić information content (AvgIpc) is 2.55. The quantitative estimate of drug-likeness (QED) is 0.887. The van der Waals surface area contributed by atoms with Gasteiger partial charge in [0.2, 0.25) is 0 Å². The largest absolute Gasteiger partial charge is 0.310 e. The molecule has 1 aliphatic rings. The molecule has 0 radical (unpaired) electrons. The predicted octanol–water partition coefficient (Wildman–Crippen LogP) is 2.79. The maximum atomic E-state index is 13.7. The van der Waals surface area contributed by atoms with Crippen LogP contribution in [0.4, 0.5) is 4.39 Å². The molecule has 3 heteroatoms. The first kappa shape index (κ1) is 13.5. The first-order valence-electron chi connectivity index (χ1n) is 6.84. The third-order valence-corrected chi connectivity index (χ3v) is 3.91. The van der Waals surface area contributed by atoms with Gasteiger partial charge in [-0.1, -0.05) is 25.1 Å². The van der Waals surface area contributed by atoms with Gasteiger partial charge in [0.1, 0.15) is 5.82 Å². The molecule has 0 amide bonds. The summed E-state index contributed by atoms with van der Waals surface area (Å²) in [4.78, 5) is 2.36. The van der Waals surface area contributed by atoms with Crippen molar-refractivity contribution in [2.45, 2.75) is 38.8 Å². The molecule has 0 aromatic heterocycles. The van der Waals surface area contributed by atoms with Crippen LogP contribution < -0.4 is 5.32 Å². The minimum atomic E-state index is -0.0899. The van der Waals surface area contributed by atoms with Crippen molar-refractivity contribution < 1.29 is 4.39 Å². The van der Waals surface area contributed by atoms with Crippen molar-refractivity contribution in [2.24, 2.45) is 0 Å². The van der Waals surface area contributed by atoms with Crippen LogP contribution in [0.15, 0.2) is 24.3 Å². The fraction of sp³-hybridized carbons (Fsp3) is 0.600. The number of hydrogen-bond donors (Lipinski definition) is 1. The topological polar surface area (TPSA) is 15.3 Å². The van der Waals surface area contributed by atoms with E-state index in [9.17, 15) is 4.39 Å². The Kier molecular flexibility index (Phi) is 4.36. The molecule has 0 spiro atoms. The van der Waals surface area contributed by atoms with Crippen LogP contribution in [0.3, 0.4) is 0 Å². The lowest BCUT2D eigenvalue weighted by Gasteiger charge is -2.32. The van der Waals surface area contributed by atoms with Gasteiger partial charge in [-0.25, -0.2) is 4.39 Å². The highest BCUT2D eigenvalue weighted by Crippen LogP contribution is 2.18. The van der Waals surface area contributed by atoms with Crippen LogP contribution in [0.5, 0.6) is 0 Å². The van der Waals surface area contributed by atoms with Crippen LogP contribution in [0.2, 0.25) is 0 Å². The fourth-order valence-corrected chi connectivity index (χ4v) is 2.56. The van der Waals surface area contributed by atoms with Gasteiger partial charge < -0.3 is 5.32 Å². The highest BCUT2D eigenvalue weighted by molar-refractivity contribution is 5.17. The van der Waals surface area contributed by atoms with E-state index in [0.29, 0.717) is 6.54 Å². The second kappa shape index (κ2) is 5.81. The summed E-state index contributed by atoms with van der Waals surface area (Å²) in [6, 6.07) is 7.09. The summed E-state index contributed by atoms with van der Waals surface area (Å²) < 4.78 is 13.7. The van der Waals surface area contributed by atoms with Crippen molar-refractivity contribution in [3.05, 3.63) is 35.6 Å². The Morgan fingerprint density at radius 3 is 2.89 bits per heavy atom. The monoisotopic (exact) mass is 250 g/mol. The van der Waals surface area contributed by atoms with Crippen LogP contribution >= 0.6 is 0 Å². The van der Waals surface area contributed by atoms with E-state index < -0.39 is 0 Å². The van der Waals surface area contributed by atoms with Gasteiger partial charge in [-0.15, -0.1) is 0 Å². The van der Waals surface area contributed by atoms with Crippen molar-refractivity contribution in [1.82, 2.24) is 10.2 Å². The lowest BCUT2D eigenvalue weighted by Crippen LogP contribution is -2.48. The summed E-state index contributed by atoms with van der Waals surface area (Å²) in [5, 5.41) is 3.60. The molecule has 2 rings (SSSR count). The first-order chi connectivity index (χ1) is 8.63. The number of benzene rings is 1. The summed E-state index contributed by atoms with van der Waals surface area (Å²) >= 11 is 0. The third kappa shape index (κ3) is 3.30. The molecule has 18 heavy (non-hydrogen) atoms. The molecule has 0 saturated carbocycles. The third-order valence-electron chi connectivity index (χ3n) is 3.91. The van der Waals surface area contributed by atoms with Crippen LogP contribution in [0.1, 0.15) is 32.3 Å². The molecule has 1 aromatic rings. The highest BCUT2D eigenvalue weighted by Gasteiger charge is 2.27. The molecule has 1 aromatic carbocycles. The van der Waals surface area contributed by atoms with E-state index in [-0.39, 0.29) is 11.4 Å². The lowest BCUT2D eigenvalue weighted by molar-refractivity contribution is 0.206. The minimum absolute atomic E-state index is 0.0899. The molecule has 1 saturated heterocycles. The van der Waals surface area contributed by atoms with Gasteiger partial charge in [-0.2, -0.15) is 0 Å². The molecule has 0 aliphatic carbocycles. The van der Waals surface area contributed by atoms with E-state index in [2.05, 4.69) is 24.1 Å². The molecular weight excluding hydrogens is 227 g/mol. The summed E-state index contributed by atoms with van der Waals surface area (Å²) in [5.74, 6) is -0.0899. The Morgan fingerprint density at radius 2 is 2.17 bits per heavy atom. The summed E-state index contributed by atoms with van der Waals surface area (Å²) in [6.07, 6.45) is 2.23. The van der Waals surface area contributed by atoms with Crippen molar-refractivity contribution in [1.29, 1.82) is 0 Å². The molecule has 1 atom stereocenters. The molecule has 1 N–H and O–H groups in total. The Labute approximate surface area is 109 Å². The van der Waals surface area contributed by atoms with Crippen LogP contribution in [0, 0.1) is 5.82 Å². The van der Waals surface area contributed by atoms with E-state index in [1.54, 1.807) is 12.1 Å². The molecule has 1 unspecified atom stereocenters. The van der Waals surface area contributed by atoms with Gasteiger partial charge in [-0.3, -0.25) is 4.90 Å². The van der Waals surface area contributed by atoms with Gasteiger partial charge in [0.15, 0.2) is 0 Å². The zero-order chi connectivity index (χ0) is 13.0. The van der Waals surface area contributed by atoms with Gasteiger partial charge in [-0.05, 0) is 38.9 Å². The van der Waals surface area contributed by atoms with Crippen LogP contribution in [-0.2, 0) is 6.54 Å². The molecule has 1 heterocycles. The van der Waals surface area contributed by atoms with Crippen LogP contribution in [0.25, 0.3) is 0 Å². The van der Waals surface area contributed by atoms with Gasteiger partial charge >= 0.3 is 0 Å². The minimum Gasteiger partial charge on any atom is -0.310 e.